The van der Waals surface area contributed by atoms with Crippen molar-refractivity contribution in [2.45, 2.75) is 25.9 Å². The number of benzene rings is 1. The molecule has 0 amide bonds. The lowest BCUT2D eigenvalue weighted by Gasteiger charge is -2.22. The number of nitrogens with zero attached hydrogens (tertiary/aromatic N) is 1. The highest BCUT2D eigenvalue weighted by molar-refractivity contribution is 6.36. The van der Waals surface area contributed by atoms with Crippen molar-refractivity contribution in [2.75, 3.05) is 0 Å². The van der Waals surface area contributed by atoms with E-state index in [1.54, 1.807) is 6.20 Å². The van der Waals surface area contributed by atoms with Crippen LogP contribution < -0.4 is 5.32 Å². The Morgan fingerprint density at radius 1 is 1.10 bits per heavy atom. The van der Waals surface area contributed by atoms with Crippen LogP contribution in [0.3, 0.4) is 0 Å². The number of halogens is 3. The van der Waals surface area contributed by atoms with Crippen LogP contribution in [0.1, 0.15) is 37.2 Å². The van der Waals surface area contributed by atoms with Gasteiger partial charge in [-0.3, -0.25) is 4.98 Å². The van der Waals surface area contributed by atoms with Crippen molar-refractivity contribution >= 4 is 23.2 Å². The number of aromatic nitrogens is 1. The standard InChI is InChI=1S/C15H15Cl2FN2/c1-9(13-5-3-4-8-19-13)20-10(2)14-11(16)6-7-12(18)15(14)17/h3-10,20H,1-2H3/t9-,10?/m0/s1. The van der Waals surface area contributed by atoms with Gasteiger partial charge in [-0.15, -0.1) is 0 Å². The van der Waals surface area contributed by atoms with Crippen molar-refractivity contribution in [1.29, 1.82) is 0 Å². The highest BCUT2D eigenvalue weighted by Crippen LogP contribution is 2.33. The summed E-state index contributed by atoms with van der Waals surface area (Å²) in [5, 5.41) is 3.83. The minimum atomic E-state index is -0.467. The van der Waals surface area contributed by atoms with Crippen molar-refractivity contribution in [1.82, 2.24) is 10.3 Å². The zero-order valence-corrected chi connectivity index (χ0v) is 12.7. The van der Waals surface area contributed by atoms with Gasteiger partial charge in [0, 0.05) is 28.9 Å². The van der Waals surface area contributed by atoms with Crippen molar-refractivity contribution in [3.63, 3.8) is 0 Å². The van der Waals surface area contributed by atoms with Crippen LogP contribution in [0.15, 0.2) is 36.5 Å². The lowest BCUT2D eigenvalue weighted by atomic mass is 10.1. The summed E-state index contributed by atoms with van der Waals surface area (Å²) in [5.74, 6) is -0.467. The summed E-state index contributed by atoms with van der Waals surface area (Å²) < 4.78 is 13.5. The molecule has 0 fully saturated rings. The van der Waals surface area contributed by atoms with Crippen LogP contribution in [0.2, 0.25) is 10.0 Å². The molecule has 2 aromatic rings. The van der Waals surface area contributed by atoms with Gasteiger partial charge in [-0.1, -0.05) is 29.3 Å². The minimum Gasteiger partial charge on any atom is -0.302 e. The molecule has 0 radical (unpaired) electrons. The second kappa shape index (κ2) is 6.53. The maximum atomic E-state index is 13.5. The first kappa shape index (κ1) is 15.2. The fourth-order valence-electron chi connectivity index (χ4n) is 2.12. The molecule has 0 aliphatic rings. The molecule has 2 rings (SSSR count). The number of hydrogen-bond donors (Lipinski definition) is 1. The average molecular weight is 313 g/mol. The highest BCUT2D eigenvalue weighted by atomic mass is 35.5. The van der Waals surface area contributed by atoms with Gasteiger partial charge < -0.3 is 5.32 Å². The fraction of sp³-hybridized carbons (Fsp3) is 0.267. The van der Waals surface area contributed by atoms with Crippen LogP contribution >= 0.6 is 23.2 Å². The van der Waals surface area contributed by atoms with Crippen LogP contribution in [0, 0.1) is 5.82 Å². The van der Waals surface area contributed by atoms with Gasteiger partial charge in [-0.05, 0) is 38.1 Å². The van der Waals surface area contributed by atoms with E-state index in [0.717, 1.165) is 5.69 Å². The fourth-order valence-corrected chi connectivity index (χ4v) is 2.81. The molecule has 1 N–H and O–H groups in total. The third-order valence-electron chi connectivity index (χ3n) is 3.14. The summed E-state index contributed by atoms with van der Waals surface area (Å²) >= 11 is 12.1. The molecule has 1 unspecified atom stereocenters. The minimum absolute atomic E-state index is 0.00148. The van der Waals surface area contributed by atoms with Crippen LogP contribution in [0.4, 0.5) is 4.39 Å². The first-order chi connectivity index (χ1) is 9.50. The topological polar surface area (TPSA) is 24.9 Å². The Morgan fingerprint density at radius 3 is 2.50 bits per heavy atom. The van der Waals surface area contributed by atoms with Gasteiger partial charge in [0.05, 0.1) is 10.7 Å². The Balaban J connectivity index is 2.21. The number of rotatable bonds is 4. The zero-order chi connectivity index (χ0) is 14.7. The van der Waals surface area contributed by atoms with E-state index < -0.39 is 5.82 Å². The van der Waals surface area contributed by atoms with Crippen molar-refractivity contribution < 1.29 is 4.39 Å². The summed E-state index contributed by atoms with van der Waals surface area (Å²) in [4.78, 5) is 4.29. The van der Waals surface area contributed by atoms with E-state index in [4.69, 9.17) is 23.2 Å². The predicted octanol–water partition coefficient (Wildman–Crippen LogP) is 4.94. The maximum Gasteiger partial charge on any atom is 0.142 e. The molecule has 20 heavy (non-hydrogen) atoms. The highest BCUT2D eigenvalue weighted by Gasteiger charge is 2.19. The maximum absolute atomic E-state index is 13.5. The Kier molecular flexibility index (Phi) is 4.97. The molecule has 1 aromatic carbocycles. The van der Waals surface area contributed by atoms with Gasteiger partial charge in [0.1, 0.15) is 5.82 Å². The third-order valence-corrected chi connectivity index (χ3v) is 3.86. The SMILES string of the molecule is CC(N[C@@H](C)c1ccccn1)c1c(Cl)ccc(F)c1Cl. The van der Waals surface area contributed by atoms with Gasteiger partial charge in [0.15, 0.2) is 0 Å². The van der Waals surface area contributed by atoms with E-state index in [1.165, 1.54) is 12.1 Å². The second-order valence-corrected chi connectivity index (χ2v) is 5.41. The lowest BCUT2D eigenvalue weighted by Crippen LogP contribution is -2.23. The van der Waals surface area contributed by atoms with E-state index in [9.17, 15) is 4.39 Å². The molecule has 106 valence electrons. The Morgan fingerprint density at radius 2 is 1.85 bits per heavy atom. The van der Waals surface area contributed by atoms with E-state index in [0.29, 0.717) is 10.6 Å². The predicted molar refractivity (Wildman–Crippen MR) is 80.6 cm³/mol. The smallest absolute Gasteiger partial charge is 0.142 e. The molecular formula is C15H15Cl2FN2. The second-order valence-electron chi connectivity index (χ2n) is 4.62. The molecule has 1 aromatic heterocycles. The molecule has 2 nitrogen and oxygen atoms in total. The Bertz CT molecular complexity index is 590. The van der Waals surface area contributed by atoms with Gasteiger partial charge in [0.25, 0.3) is 0 Å². The van der Waals surface area contributed by atoms with E-state index in [1.807, 2.05) is 32.0 Å². The van der Waals surface area contributed by atoms with Crippen molar-refractivity contribution in [3.05, 3.63) is 63.6 Å². The zero-order valence-electron chi connectivity index (χ0n) is 11.2. The summed E-state index contributed by atoms with van der Waals surface area (Å²) in [5.41, 5.74) is 1.47. The van der Waals surface area contributed by atoms with Gasteiger partial charge in [0.2, 0.25) is 0 Å². The molecule has 5 heteroatoms. The third kappa shape index (κ3) is 3.29. The summed E-state index contributed by atoms with van der Waals surface area (Å²) in [6.45, 7) is 3.88. The molecule has 0 aliphatic heterocycles. The molecule has 0 saturated carbocycles. The summed E-state index contributed by atoms with van der Waals surface area (Å²) in [7, 11) is 0. The first-order valence-electron chi connectivity index (χ1n) is 6.31. The number of hydrogen-bond acceptors (Lipinski definition) is 2. The molecular weight excluding hydrogens is 298 g/mol. The van der Waals surface area contributed by atoms with Crippen molar-refractivity contribution in [2.24, 2.45) is 0 Å². The molecule has 2 atom stereocenters. The number of nitrogens with one attached hydrogen (secondary N) is 1. The van der Waals surface area contributed by atoms with Crippen LogP contribution in [0.25, 0.3) is 0 Å². The van der Waals surface area contributed by atoms with Gasteiger partial charge >= 0.3 is 0 Å². The molecule has 0 spiro atoms. The molecule has 0 bridgehead atoms. The van der Waals surface area contributed by atoms with Gasteiger partial charge in [-0.2, -0.15) is 0 Å². The van der Waals surface area contributed by atoms with E-state index >= 15 is 0 Å². The Labute approximate surface area is 127 Å². The van der Waals surface area contributed by atoms with Crippen LogP contribution in [0.5, 0.6) is 0 Å². The van der Waals surface area contributed by atoms with Gasteiger partial charge in [-0.25, -0.2) is 4.39 Å². The molecule has 0 saturated heterocycles. The van der Waals surface area contributed by atoms with Crippen LogP contribution in [-0.4, -0.2) is 4.98 Å². The molecule has 0 aliphatic carbocycles. The first-order valence-corrected chi connectivity index (χ1v) is 7.06. The summed E-state index contributed by atoms with van der Waals surface area (Å²) in [6, 6.07) is 8.31. The quantitative estimate of drug-likeness (QED) is 0.809. The normalized spacial score (nSPS) is 14.1. The van der Waals surface area contributed by atoms with E-state index in [2.05, 4.69) is 10.3 Å². The van der Waals surface area contributed by atoms with Crippen LogP contribution in [-0.2, 0) is 0 Å². The summed E-state index contributed by atoms with van der Waals surface area (Å²) in [6.07, 6.45) is 1.74. The van der Waals surface area contributed by atoms with Crippen molar-refractivity contribution in [3.8, 4) is 0 Å². The monoisotopic (exact) mass is 312 g/mol. The Hall–Kier alpha value is -1.16. The van der Waals surface area contributed by atoms with E-state index in [-0.39, 0.29) is 17.1 Å². The largest absolute Gasteiger partial charge is 0.302 e. The molecule has 1 heterocycles. The average Bonchev–Trinajstić information content (AvgIpc) is 2.44. The lowest BCUT2D eigenvalue weighted by molar-refractivity contribution is 0.484. The number of pyridine rings is 1.